The molecule has 2 rings (SSSR count). The molecule has 2 aromatic rings. The molecule has 0 fully saturated rings. The Hall–Kier alpha value is -2.29. The zero-order valence-electron chi connectivity index (χ0n) is 8.79. The van der Waals surface area contributed by atoms with Crippen LogP contribution in [0.2, 0.25) is 0 Å². The van der Waals surface area contributed by atoms with Crippen LogP contribution in [0.5, 0.6) is 0 Å². The van der Waals surface area contributed by atoms with Gasteiger partial charge in [-0.25, -0.2) is 0 Å². The summed E-state index contributed by atoms with van der Waals surface area (Å²) in [6.07, 6.45) is 1.15. The summed E-state index contributed by atoms with van der Waals surface area (Å²) in [6.45, 7) is 0. The maximum absolute atomic E-state index is 13.0. The van der Waals surface area contributed by atoms with Crippen LogP contribution in [0, 0.1) is 0 Å². The lowest BCUT2D eigenvalue weighted by atomic mass is 10.3. The average Bonchev–Trinajstić information content (AvgIpc) is 2.81. The van der Waals surface area contributed by atoms with Gasteiger partial charge in [-0.05, 0) is 12.1 Å². The maximum Gasteiger partial charge on any atom is 0.334 e. The second-order valence-electron chi connectivity index (χ2n) is 3.24. The molecule has 0 spiro atoms. The summed E-state index contributed by atoms with van der Waals surface area (Å²) in [6, 6.07) is 5.13. The fraction of sp³-hybridized carbons (Fsp3) is 0. The first-order valence-electron chi connectivity index (χ1n) is 4.69. The molecule has 0 unspecified atom stereocenters. The Morgan fingerprint density at radius 2 is 2.06 bits per heavy atom. The van der Waals surface area contributed by atoms with E-state index in [0.29, 0.717) is 0 Å². The van der Waals surface area contributed by atoms with E-state index in [1.165, 1.54) is 18.2 Å². The van der Waals surface area contributed by atoms with E-state index in [9.17, 15) is 17.1 Å². The molecule has 1 heterocycles. The fourth-order valence-corrected chi connectivity index (χ4v) is 1.90. The molecule has 0 bridgehead atoms. The molecule has 0 atom stereocenters. The van der Waals surface area contributed by atoms with Crippen molar-refractivity contribution < 1.29 is 17.1 Å². The van der Waals surface area contributed by atoms with Crippen LogP contribution >= 0.6 is 0 Å². The van der Waals surface area contributed by atoms with Crippen molar-refractivity contribution >= 4 is 21.8 Å². The number of anilines is 1. The van der Waals surface area contributed by atoms with Crippen molar-refractivity contribution in [2.45, 2.75) is 4.90 Å². The zero-order chi connectivity index (χ0) is 13.2. The van der Waals surface area contributed by atoms with Crippen LogP contribution in [0.15, 0.2) is 35.4 Å². The molecule has 0 radical (unpaired) electrons. The van der Waals surface area contributed by atoms with Crippen LogP contribution in [-0.2, 0) is 10.2 Å². The molecule has 1 aromatic heterocycles. The van der Waals surface area contributed by atoms with Crippen molar-refractivity contribution in [1.82, 2.24) is 15.4 Å². The van der Waals surface area contributed by atoms with E-state index >= 15 is 0 Å². The van der Waals surface area contributed by atoms with Crippen LogP contribution in [0.3, 0.4) is 0 Å². The van der Waals surface area contributed by atoms with Gasteiger partial charge in [0, 0.05) is 0 Å². The van der Waals surface area contributed by atoms with Crippen LogP contribution < -0.4 is 5.32 Å². The summed E-state index contributed by atoms with van der Waals surface area (Å²) in [5.74, 6) is -0.695. The minimum atomic E-state index is -4.91. The molecular weight excluding hydrogens is 263 g/mol. The van der Waals surface area contributed by atoms with E-state index in [1.807, 2.05) is 0 Å². The average molecular weight is 270 g/mol. The molecular formula is C9H7FN4O3S. The number of nitrogens with one attached hydrogen (secondary N) is 2. The Morgan fingerprint density at radius 3 is 2.67 bits per heavy atom. The van der Waals surface area contributed by atoms with Gasteiger partial charge in [0.1, 0.15) is 4.90 Å². The second kappa shape index (κ2) is 4.53. The Bertz CT molecular complexity index is 669. The molecule has 0 aliphatic rings. The first kappa shape index (κ1) is 12.2. The molecule has 18 heavy (non-hydrogen) atoms. The number of aromatic nitrogens is 3. The number of hydrogen-bond acceptors (Lipinski definition) is 5. The maximum atomic E-state index is 13.0. The Labute approximate surface area is 101 Å². The molecule has 1 aromatic carbocycles. The first-order valence-corrected chi connectivity index (χ1v) is 6.07. The molecule has 9 heteroatoms. The lowest BCUT2D eigenvalue weighted by Crippen LogP contribution is -2.14. The summed E-state index contributed by atoms with van der Waals surface area (Å²) in [7, 11) is -4.91. The van der Waals surface area contributed by atoms with E-state index in [2.05, 4.69) is 20.7 Å². The predicted octanol–water partition coefficient (Wildman–Crippen LogP) is 0.715. The molecule has 0 aliphatic heterocycles. The third kappa shape index (κ3) is 2.51. The predicted molar refractivity (Wildman–Crippen MR) is 59.1 cm³/mol. The first-order chi connectivity index (χ1) is 8.48. The van der Waals surface area contributed by atoms with Crippen LogP contribution in [0.4, 0.5) is 9.57 Å². The summed E-state index contributed by atoms with van der Waals surface area (Å²) < 4.78 is 34.7. The van der Waals surface area contributed by atoms with Crippen molar-refractivity contribution in [3.63, 3.8) is 0 Å². The van der Waals surface area contributed by atoms with Crippen LogP contribution in [0.1, 0.15) is 10.5 Å². The number of aromatic amines is 1. The smallest absolute Gasteiger partial charge is 0.319 e. The molecule has 94 valence electrons. The van der Waals surface area contributed by atoms with Crippen molar-refractivity contribution in [2.24, 2.45) is 0 Å². The number of amides is 1. The third-order valence-corrected chi connectivity index (χ3v) is 2.93. The highest BCUT2D eigenvalue weighted by Crippen LogP contribution is 2.22. The number of nitrogens with zero attached hydrogens (tertiary/aromatic N) is 2. The van der Waals surface area contributed by atoms with Gasteiger partial charge in [-0.3, -0.25) is 4.79 Å². The highest BCUT2D eigenvalue weighted by molar-refractivity contribution is 7.86. The highest BCUT2D eigenvalue weighted by atomic mass is 32.3. The lowest BCUT2D eigenvalue weighted by molar-refractivity contribution is 0.102. The second-order valence-corrected chi connectivity index (χ2v) is 4.56. The van der Waals surface area contributed by atoms with Crippen molar-refractivity contribution in [1.29, 1.82) is 0 Å². The van der Waals surface area contributed by atoms with E-state index in [0.717, 1.165) is 12.3 Å². The number of rotatable bonds is 3. The van der Waals surface area contributed by atoms with Gasteiger partial charge in [0.15, 0.2) is 5.69 Å². The third-order valence-electron chi connectivity index (χ3n) is 2.05. The normalized spacial score (nSPS) is 11.2. The Kier molecular flexibility index (Phi) is 3.06. The quantitative estimate of drug-likeness (QED) is 0.799. The number of hydrogen-bond donors (Lipinski definition) is 2. The summed E-state index contributed by atoms with van der Waals surface area (Å²) in [4.78, 5) is 11.0. The highest BCUT2D eigenvalue weighted by Gasteiger charge is 2.19. The molecule has 7 nitrogen and oxygen atoms in total. The fourth-order valence-electron chi connectivity index (χ4n) is 1.28. The molecule has 0 saturated heterocycles. The standard InChI is InChI=1S/C9H7FN4O3S/c10-18(16,17)8-4-2-1-3-6(8)12-9(15)7-5-11-14-13-7/h1-5H,(H,12,15)(H,11,13,14). The lowest BCUT2D eigenvalue weighted by Gasteiger charge is -2.06. The minimum Gasteiger partial charge on any atom is -0.319 e. The van der Waals surface area contributed by atoms with Gasteiger partial charge in [0.25, 0.3) is 5.91 Å². The van der Waals surface area contributed by atoms with Gasteiger partial charge in [0.05, 0.1) is 11.9 Å². The van der Waals surface area contributed by atoms with Gasteiger partial charge < -0.3 is 5.32 Å². The van der Waals surface area contributed by atoms with Crippen LogP contribution in [-0.4, -0.2) is 29.7 Å². The molecule has 1 amide bonds. The summed E-state index contributed by atoms with van der Waals surface area (Å²) in [5.41, 5.74) is -0.200. The Balaban J connectivity index is 2.33. The van der Waals surface area contributed by atoms with Gasteiger partial charge >= 0.3 is 10.2 Å². The van der Waals surface area contributed by atoms with Crippen LogP contribution in [0.25, 0.3) is 0 Å². The van der Waals surface area contributed by atoms with Gasteiger partial charge in [-0.15, -0.1) is 3.89 Å². The minimum absolute atomic E-state index is 0.0407. The number of para-hydroxylation sites is 1. The van der Waals surface area contributed by atoms with Gasteiger partial charge in [-0.1, -0.05) is 12.1 Å². The van der Waals surface area contributed by atoms with E-state index < -0.39 is 21.0 Å². The van der Waals surface area contributed by atoms with Crippen molar-refractivity contribution in [3.8, 4) is 0 Å². The number of benzene rings is 1. The summed E-state index contributed by atoms with van der Waals surface area (Å²) in [5, 5.41) is 11.4. The SMILES string of the molecule is O=C(Nc1ccccc1S(=O)(=O)F)c1cn[nH]n1. The van der Waals surface area contributed by atoms with Gasteiger partial charge in [0.2, 0.25) is 0 Å². The zero-order valence-corrected chi connectivity index (χ0v) is 9.61. The van der Waals surface area contributed by atoms with E-state index in [4.69, 9.17) is 0 Å². The molecule has 2 N–H and O–H groups in total. The largest absolute Gasteiger partial charge is 0.334 e. The molecule has 0 aliphatic carbocycles. The monoisotopic (exact) mass is 270 g/mol. The number of halogens is 1. The number of carbonyl (C=O) groups is 1. The molecule has 0 saturated carbocycles. The van der Waals surface area contributed by atoms with E-state index in [-0.39, 0.29) is 11.4 Å². The Morgan fingerprint density at radius 1 is 1.33 bits per heavy atom. The van der Waals surface area contributed by atoms with Gasteiger partial charge in [-0.2, -0.15) is 23.8 Å². The van der Waals surface area contributed by atoms with E-state index in [1.54, 1.807) is 0 Å². The number of carbonyl (C=O) groups excluding carboxylic acids is 1. The van der Waals surface area contributed by atoms with Crippen molar-refractivity contribution in [3.05, 3.63) is 36.2 Å². The summed E-state index contributed by atoms with van der Waals surface area (Å²) >= 11 is 0. The van der Waals surface area contributed by atoms with Crippen molar-refractivity contribution in [2.75, 3.05) is 5.32 Å². The number of H-pyrrole nitrogens is 1. The topological polar surface area (TPSA) is 105 Å².